The molecule has 1 aliphatic rings. The van der Waals surface area contributed by atoms with Crippen LogP contribution in [0.3, 0.4) is 0 Å². The highest BCUT2D eigenvalue weighted by atomic mass is 32.2. The van der Waals surface area contributed by atoms with Crippen LogP contribution in [-0.4, -0.2) is 30.8 Å². The molecule has 3 unspecified atom stereocenters. The number of hydrogen-bond acceptors (Lipinski definition) is 4. The van der Waals surface area contributed by atoms with Crippen LogP contribution in [0.1, 0.15) is 39.5 Å². The average molecular weight is 314 g/mol. The smallest absolute Gasteiger partial charge is 0.243 e. The van der Waals surface area contributed by atoms with Crippen LogP contribution in [0, 0.1) is 11.8 Å². The third-order valence-electron chi connectivity index (χ3n) is 4.52. The zero-order chi connectivity index (χ0) is 15.5. The fourth-order valence-corrected chi connectivity index (χ4v) is 4.19. The standard InChI is InChI=1S/C14H26N4O2S/c1-11-5-3-6-14(12(11)2)17-21(19,20)13-9-16-18(10-13)8-4-7-15/h9-12,14,17H,3-8,15H2,1-2H3. The van der Waals surface area contributed by atoms with Gasteiger partial charge in [0.05, 0.1) is 6.20 Å². The maximum atomic E-state index is 12.5. The maximum Gasteiger partial charge on any atom is 0.243 e. The molecule has 1 saturated carbocycles. The van der Waals surface area contributed by atoms with Crippen molar-refractivity contribution in [1.29, 1.82) is 0 Å². The first-order valence-corrected chi connectivity index (χ1v) is 9.17. The Bertz CT molecular complexity index is 555. The largest absolute Gasteiger partial charge is 0.330 e. The van der Waals surface area contributed by atoms with Crippen molar-refractivity contribution in [3.8, 4) is 0 Å². The lowest BCUT2D eigenvalue weighted by molar-refractivity contribution is 0.227. The summed E-state index contributed by atoms with van der Waals surface area (Å²) in [6.45, 7) is 5.53. The minimum absolute atomic E-state index is 0.0196. The summed E-state index contributed by atoms with van der Waals surface area (Å²) in [5.74, 6) is 0.916. The van der Waals surface area contributed by atoms with Gasteiger partial charge in [0.2, 0.25) is 10.0 Å². The van der Waals surface area contributed by atoms with Gasteiger partial charge in [-0.25, -0.2) is 13.1 Å². The van der Waals surface area contributed by atoms with Gasteiger partial charge in [0.15, 0.2) is 0 Å². The minimum atomic E-state index is -3.49. The van der Waals surface area contributed by atoms with Crippen LogP contribution < -0.4 is 10.5 Å². The number of hydrogen-bond donors (Lipinski definition) is 2. The molecule has 6 nitrogen and oxygen atoms in total. The first kappa shape index (κ1) is 16.5. The van der Waals surface area contributed by atoms with Crippen LogP contribution in [-0.2, 0) is 16.6 Å². The van der Waals surface area contributed by atoms with E-state index >= 15 is 0 Å². The summed E-state index contributed by atoms with van der Waals surface area (Å²) in [4.78, 5) is 0.241. The Morgan fingerprint density at radius 2 is 2.19 bits per heavy atom. The SMILES string of the molecule is CC1CCCC(NS(=O)(=O)c2cnn(CCCN)c2)C1C. The van der Waals surface area contributed by atoms with Gasteiger partial charge in [-0.1, -0.05) is 26.7 Å². The molecule has 1 heterocycles. The molecule has 2 rings (SSSR count). The van der Waals surface area contributed by atoms with E-state index < -0.39 is 10.0 Å². The first-order chi connectivity index (χ1) is 9.94. The number of nitrogens with zero attached hydrogens (tertiary/aromatic N) is 2. The van der Waals surface area contributed by atoms with Crippen molar-refractivity contribution < 1.29 is 8.42 Å². The van der Waals surface area contributed by atoms with Gasteiger partial charge >= 0.3 is 0 Å². The van der Waals surface area contributed by atoms with E-state index in [1.54, 1.807) is 10.9 Å². The normalized spacial score (nSPS) is 26.9. The lowest BCUT2D eigenvalue weighted by atomic mass is 9.78. The maximum absolute atomic E-state index is 12.5. The number of nitrogens with one attached hydrogen (secondary N) is 1. The van der Waals surface area contributed by atoms with Crippen molar-refractivity contribution in [2.24, 2.45) is 17.6 Å². The molecule has 3 atom stereocenters. The molecular weight excluding hydrogens is 288 g/mol. The lowest BCUT2D eigenvalue weighted by Gasteiger charge is -2.34. The van der Waals surface area contributed by atoms with E-state index in [0.717, 1.165) is 19.3 Å². The van der Waals surface area contributed by atoms with E-state index in [-0.39, 0.29) is 10.9 Å². The van der Waals surface area contributed by atoms with E-state index in [0.29, 0.717) is 24.9 Å². The number of aryl methyl sites for hydroxylation is 1. The number of nitrogens with two attached hydrogens (primary N) is 1. The predicted octanol–water partition coefficient (Wildman–Crippen LogP) is 1.33. The molecule has 1 aromatic rings. The topological polar surface area (TPSA) is 90.0 Å². The summed E-state index contributed by atoms with van der Waals surface area (Å²) >= 11 is 0. The number of sulfonamides is 1. The zero-order valence-electron chi connectivity index (χ0n) is 12.8. The van der Waals surface area contributed by atoms with Gasteiger partial charge < -0.3 is 5.73 Å². The summed E-state index contributed by atoms with van der Waals surface area (Å²) in [7, 11) is -3.49. The quantitative estimate of drug-likeness (QED) is 0.829. The van der Waals surface area contributed by atoms with Gasteiger partial charge in [0, 0.05) is 18.8 Å². The van der Waals surface area contributed by atoms with Gasteiger partial charge in [-0.3, -0.25) is 4.68 Å². The molecule has 0 radical (unpaired) electrons. The summed E-state index contributed by atoms with van der Waals surface area (Å²) in [6.07, 6.45) is 6.94. The Balaban J connectivity index is 2.05. The first-order valence-electron chi connectivity index (χ1n) is 7.69. The molecule has 7 heteroatoms. The third kappa shape index (κ3) is 4.05. The van der Waals surface area contributed by atoms with Crippen molar-refractivity contribution in [1.82, 2.24) is 14.5 Å². The Kier molecular flexibility index (Phi) is 5.40. The van der Waals surface area contributed by atoms with Gasteiger partial charge in [-0.15, -0.1) is 0 Å². The van der Waals surface area contributed by atoms with Crippen LogP contribution in [0.4, 0.5) is 0 Å². The Hall–Kier alpha value is -0.920. The van der Waals surface area contributed by atoms with Gasteiger partial charge in [-0.2, -0.15) is 5.10 Å². The summed E-state index contributed by atoms with van der Waals surface area (Å²) < 4.78 is 29.4. The molecule has 3 N–H and O–H groups in total. The van der Waals surface area contributed by atoms with E-state index in [1.807, 2.05) is 0 Å². The molecule has 1 fully saturated rings. The average Bonchev–Trinajstić information content (AvgIpc) is 2.91. The van der Waals surface area contributed by atoms with Crippen LogP contribution in [0.15, 0.2) is 17.3 Å². The van der Waals surface area contributed by atoms with Crippen LogP contribution in [0.5, 0.6) is 0 Å². The summed E-state index contributed by atoms with van der Waals surface area (Å²) in [5, 5.41) is 4.09. The zero-order valence-corrected chi connectivity index (χ0v) is 13.6. The van der Waals surface area contributed by atoms with E-state index in [4.69, 9.17) is 5.73 Å². The second kappa shape index (κ2) is 6.89. The fourth-order valence-electron chi connectivity index (χ4n) is 2.87. The van der Waals surface area contributed by atoms with Gasteiger partial charge in [0.1, 0.15) is 4.90 Å². The molecule has 0 saturated heterocycles. The molecular formula is C14H26N4O2S. The van der Waals surface area contributed by atoms with Crippen LogP contribution in [0.2, 0.25) is 0 Å². The number of aromatic nitrogens is 2. The van der Waals surface area contributed by atoms with Crippen molar-refractivity contribution in [2.45, 2.75) is 57.0 Å². The second-order valence-corrected chi connectivity index (χ2v) is 7.79. The lowest BCUT2D eigenvalue weighted by Crippen LogP contribution is -2.43. The molecule has 0 bridgehead atoms. The Morgan fingerprint density at radius 1 is 1.43 bits per heavy atom. The van der Waals surface area contributed by atoms with Gasteiger partial charge in [-0.05, 0) is 31.2 Å². The second-order valence-electron chi connectivity index (χ2n) is 6.08. The highest BCUT2D eigenvalue weighted by molar-refractivity contribution is 7.89. The molecule has 120 valence electrons. The summed E-state index contributed by atoms with van der Waals surface area (Å²) in [5.41, 5.74) is 5.45. The van der Waals surface area contributed by atoms with Crippen molar-refractivity contribution in [3.63, 3.8) is 0 Å². The number of rotatable bonds is 6. The molecule has 0 amide bonds. The van der Waals surface area contributed by atoms with Crippen molar-refractivity contribution in [3.05, 3.63) is 12.4 Å². The molecule has 0 spiro atoms. The Morgan fingerprint density at radius 3 is 2.90 bits per heavy atom. The molecule has 21 heavy (non-hydrogen) atoms. The molecule has 0 aromatic carbocycles. The highest BCUT2D eigenvalue weighted by Crippen LogP contribution is 2.30. The highest BCUT2D eigenvalue weighted by Gasteiger charge is 2.31. The van der Waals surface area contributed by atoms with Crippen molar-refractivity contribution in [2.75, 3.05) is 6.54 Å². The molecule has 1 aliphatic carbocycles. The third-order valence-corrected chi connectivity index (χ3v) is 5.97. The minimum Gasteiger partial charge on any atom is -0.330 e. The monoisotopic (exact) mass is 314 g/mol. The summed E-state index contributed by atoms with van der Waals surface area (Å²) in [6, 6.07) is 0.0196. The van der Waals surface area contributed by atoms with Crippen molar-refractivity contribution >= 4 is 10.0 Å². The van der Waals surface area contributed by atoms with Gasteiger partial charge in [0.25, 0.3) is 0 Å². The fraction of sp³-hybridized carbons (Fsp3) is 0.786. The molecule has 0 aliphatic heterocycles. The van der Waals surface area contributed by atoms with E-state index in [1.165, 1.54) is 12.6 Å². The van der Waals surface area contributed by atoms with E-state index in [9.17, 15) is 8.42 Å². The molecule has 1 aromatic heterocycles. The van der Waals surface area contributed by atoms with E-state index in [2.05, 4.69) is 23.7 Å². The Labute approximate surface area is 127 Å². The predicted molar refractivity (Wildman–Crippen MR) is 82.2 cm³/mol. The van der Waals surface area contributed by atoms with Crippen LogP contribution >= 0.6 is 0 Å². The van der Waals surface area contributed by atoms with Crippen LogP contribution in [0.25, 0.3) is 0 Å².